The van der Waals surface area contributed by atoms with Gasteiger partial charge in [0.15, 0.2) is 0 Å². The Balaban J connectivity index is 3.45. The largest absolute Gasteiger partial charge is 0.313 e. The monoisotopic (exact) mass is 208 g/mol. The summed E-state index contributed by atoms with van der Waals surface area (Å²) in [5, 5.41) is 3.26. The zero-order chi connectivity index (χ0) is 10.3. The van der Waals surface area contributed by atoms with E-state index in [2.05, 4.69) is 23.9 Å². The molecule has 0 aromatic heterocycles. The molecule has 4 nitrogen and oxygen atoms in total. The van der Waals surface area contributed by atoms with Crippen molar-refractivity contribution in [2.45, 2.75) is 32.7 Å². The number of hydrogen-bond acceptors (Lipinski definition) is 3. The van der Waals surface area contributed by atoms with Gasteiger partial charge in [-0.3, -0.25) is 0 Å². The highest BCUT2D eigenvalue weighted by molar-refractivity contribution is 7.88. The summed E-state index contributed by atoms with van der Waals surface area (Å²) >= 11 is 0. The molecule has 0 fully saturated rings. The number of hydrogen-bond donors (Lipinski definition) is 2. The summed E-state index contributed by atoms with van der Waals surface area (Å²) in [7, 11) is -3.03. The number of rotatable bonds is 7. The molecule has 0 saturated heterocycles. The fraction of sp³-hybridized carbons (Fsp3) is 1.00. The lowest BCUT2D eigenvalue weighted by atomic mass is 10.2. The molecule has 2 N–H and O–H groups in total. The van der Waals surface area contributed by atoms with Crippen LogP contribution in [0.4, 0.5) is 0 Å². The average Bonchev–Trinajstić information content (AvgIpc) is 2.03. The molecule has 0 aliphatic rings. The first kappa shape index (κ1) is 12.9. The predicted molar refractivity (Wildman–Crippen MR) is 55.2 cm³/mol. The van der Waals surface area contributed by atoms with Crippen LogP contribution in [0.5, 0.6) is 0 Å². The quantitative estimate of drug-likeness (QED) is 0.592. The molecule has 0 aliphatic heterocycles. The van der Waals surface area contributed by atoms with Crippen LogP contribution in [0.2, 0.25) is 0 Å². The van der Waals surface area contributed by atoms with Crippen LogP contribution in [-0.2, 0) is 10.0 Å². The molecule has 80 valence electrons. The van der Waals surface area contributed by atoms with E-state index in [1.807, 2.05) is 0 Å². The molecule has 0 unspecified atom stereocenters. The first-order chi connectivity index (χ1) is 5.99. The average molecular weight is 208 g/mol. The second-order valence-electron chi connectivity index (χ2n) is 3.13. The lowest BCUT2D eigenvalue weighted by Crippen LogP contribution is -2.36. The van der Waals surface area contributed by atoms with E-state index < -0.39 is 10.0 Å². The minimum absolute atomic E-state index is 0.468. The molecule has 0 heterocycles. The van der Waals surface area contributed by atoms with Crippen LogP contribution in [0.3, 0.4) is 0 Å². The summed E-state index contributed by atoms with van der Waals surface area (Å²) in [6.45, 7) is 5.39. The lowest BCUT2D eigenvalue weighted by molar-refractivity contribution is 0.485. The molecule has 0 saturated carbocycles. The van der Waals surface area contributed by atoms with Crippen molar-refractivity contribution in [1.29, 1.82) is 0 Å². The third-order valence-corrected chi connectivity index (χ3v) is 2.64. The van der Waals surface area contributed by atoms with Gasteiger partial charge in [-0.2, -0.15) is 0 Å². The van der Waals surface area contributed by atoms with Gasteiger partial charge in [0, 0.05) is 19.1 Å². The Morgan fingerprint density at radius 2 is 1.69 bits per heavy atom. The van der Waals surface area contributed by atoms with Crippen molar-refractivity contribution in [2.75, 3.05) is 19.3 Å². The van der Waals surface area contributed by atoms with Gasteiger partial charge in [-0.15, -0.1) is 0 Å². The molecule has 13 heavy (non-hydrogen) atoms. The van der Waals surface area contributed by atoms with Crippen LogP contribution in [-0.4, -0.2) is 33.8 Å². The molecule has 0 rings (SSSR count). The molecule has 0 amide bonds. The van der Waals surface area contributed by atoms with Gasteiger partial charge in [-0.1, -0.05) is 13.8 Å². The maximum Gasteiger partial charge on any atom is 0.208 e. The van der Waals surface area contributed by atoms with E-state index in [0.29, 0.717) is 19.1 Å². The van der Waals surface area contributed by atoms with Crippen molar-refractivity contribution in [3.8, 4) is 0 Å². The van der Waals surface area contributed by atoms with E-state index in [-0.39, 0.29) is 0 Å². The Labute approximate surface area is 81.2 Å². The summed E-state index contributed by atoms with van der Waals surface area (Å²) in [4.78, 5) is 0. The van der Waals surface area contributed by atoms with Crippen molar-refractivity contribution in [3.05, 3.63) is 0 Å². The van der Waals surface area contributed by atoms with E-state index >= 15 is 0 Å². The van der Waals surface area contributed by atoms with E-state index in [1.165, 1.54) is 6.26 Å². The molecule has 0 aromatic carbocycles. The van der Waals surface area contributed by atoms with Crippen molar-refractivity contribution in [1.82, 2.24) is 10.0 Å². The number of nitrogens with one attached hydrogen (secondary N) is 2. The molecule has 0 bridgehead atoms. The van der Waals surface area contributed by atoms with Crippen LogP contribution < -0.4 is 10.0 Å². The summed E-state index contributed by atoms with van der Waals surface area (Å²) in [5.41, 5.74) is 0. The highest BCUT2D eigenvalue weighted by Crippen LogP contribution is 1.94. The minimum atomic E-state index is -3.03. The molecular formula is C8H20N2O2S. The van der Waals surface area contributed by atoms with Crippen LogP contribution in [0, 0.1) is 0 Å². The third kappa shape index (κ3) is 8.21. The van der Waals surface area contributed by atoms with Gasteiger partial charge >= 0.3 is 0 Å². The Hall–Kier alpha value is -0.130. The van der Waals surface area contributed by atoms with Crippen molar-refractivity contribution in [3.63, 3.8) is 0 Å². The van der Waals surface area contributed by atoms with Gasteiger partial charge in [0.2, 0.25) is 10.0 Å². The first-order valence-corrected chi connectivity index (χ1v) is 6.56. The zero-order valence-electron chi connectivity index (χ0n) is 8.63. The second-order valence-corrected chi connectivity index (χ2v) is 4.97. The lowest BCUT2D eigenvalue weighted by Gasteiger charge is -2.14. The molecule has 0 aliphatic carbocycles. The fourth-order valence-corrected chi connectivity index (χ4v) is 1.56. The number of sulfonamides is 1. The van der Waals surface area contributed by atoms with Crippen LogP contribution in [0.15, 0.2) is 0 Å². The summed E-state index contributed by atoms with van der Waals surface area (Å²) in [5.74, 6) is 0. The van der Waals surface area contributed by atoms with Gasteiger partial charge in [0.1, 0.15) is 0 Å². The highest BCUT2D eigenvalue weighted by Gasteiger charge is 2.02. The smallest absolute Gasteiger partial charge is 0.208 e. The topological polar surface area (TPSA) is 58.2 Å². The van der Waals surface area contributed by atoms with Gasteiger partial charge in [0.05, 0.1) is 6.26 Å². The van der Waals surface area contributed by atoms with Gasteiger partial charge < -0.3 is 5.32 Å². The SMILES string of the molecule is CCC(CC)NCCNS(C)(=O)=O. The van der Waals surface area contributed by atoms with E-state index in [9.17, 15) is 8.42 Å². The predicted octanol–water partition coefficient (Wildman–Crippen LogP) is 0.314. The van der Waals surface area contributed by atoms with E-state index in [1.54, 1.807) is 0 Å². The summed E-state index contributed by atoms with van der Waals surface area (Å²) in [6.07, 6.45) is 3.33. The molecule has 0 spiro atoms. The summed E-state index contributed by atoms with van der Waals surface area (Å²) < 4.78 is 23.8. The molecule has 5 heteroatoms. The molecule has 0 aromatic rings. The fourth-order valence-electron chi connectivity index (χ4n) is 1.09. The van der Waals surface area contributed by atoms with Crippen molar-refractivity contribution < 1.29 is 8.42 Å². The van der Waals surface area contributed by atoms with Crippen LogP contribution >= 0.6 is 0 Å². The van der Waals surface area contributed by atoms with Crippen LogP contribution in [0.1, 0.15) is 26.7 Å². The summed E-state index contributed by atoms with van der Waals surface area (Å²) in [6, 6.07) is 0.501. The maximum atomic E-state index is 10.7. The van der Waals surface area contributed by atoms with Crippen molar-refractivity contribution >= 4 is 10.0 Å². The maximum absolute atomic E-state index is 10.7. The second kappa shape index (κ2) is 6.34. The Bertz CT molecular complexity index is 210. The van der Waals surface area contributed by atoms with Crippen LogP contribution in [0.25, 0.3) is 0 Å². The highest BCUT2D eigenvalue weighted by atomic mass is 32.2. The normalized spacial score (nSPS) is 12.3. The molecular weight excluding hydrogens is 188 g/mol. The van der Waals surface area contributed by atoms with E-state index in [0.717, 1.165) is 12.8 Å². The van der Waals surface area contributed by atoms with Crippen molar-refractivity contribution in [2.24, 2.45) is 0 Å². The first-order valence-electron chi connectivity index (χ1n) is 4.67. The van der Waals surface area contributed by atoms with Gasteiger partial charge in [-0.25, -0.2) is 13.1 Å². The van der Waals surface area contributed by atoms with E-state index in [4.69, 9.17) is 0 Å². The standard InChI is InChI=1S/C8H20N2O2S/c1-4-8(5-2)9-6-7-10-13(3,11)12/h8-10H,4-7H2,1-3H3. The Morgan fingerprint density at radius 3 is 2.08 bits per heavy atom. The Kier molecular flexibility index (Phi) is 6.28. The van der Waals surface area contributed by atoms with Gasteiger partial charge in [0.25, 0.3) is 0 Å². The molecule has 0 atom stereocenters. The third-order valence-electron chi connectivity index (χ3n) is 1.91. The Morgan fingerprint density at radius 1 is 1.15 bits per heavy atom. The molecule has 0 radical (unpaired) electrons. The van der Waals surface area contributed by atoms with Gasteiger partial charge in [-0.05, 0) is 12.8 Å². The zero-order valence-corrected chi connectivity index (χ0v) is 9.45. The minimum Gasteiger partial charge on any atom is -0.313 e.